The SMILES string of the molecule is CC1(Br)C(=O)c2ccccc2C1=O. The Labute approximate surface area is 84.1 Å². The third kappa shape index (κ3) is 1.000. The fourth-order valence-electron chi connectivity index (χ4n) is 1.49. The summed E-state index contributed by atoms with van der Waals surface area (Å²) in [6.45, 7) is 1.59. The normalized spacial score (nSPS) is 18.9. The van der Waals surface area contributed by atoms with Crippen LogP contribution in [-0.2, 0) is 0 Å². The minimum absolute atomic E-state index is 0.145. The number of rotatable bonds is 0. The predicted molar refractivity (Wildman–Crippen MR) is 52.4 cm³/mol. The number of Topliss-reactive ketones (excluding diaryl/α,β-unsaturated/α-hetero) is 2. The third-order valence-electron chi connectivity index (χ3n) is 2.27. The highest BCUT2D eigenvalue weighted by atomic mass is 79.9. The first-order valence-electron chi connectivity index (χ1n) is 3.92. The van der Waals surface area contributed by atoms with Crippen LogP contribution in [0.1, 0.15) is 27.6 Å². The van der Waals surface area contributed by atoms with E-state index in [-0.39, 0.29) is 11.6 Å². The van der Waals surface area contributed by atoms with E-state index in [2.05, 4.69) is 15.9 Å². The van der Waals surface area contributed by atoms with Crippen molar-refractivity contribution in [3.05, 3.63) is 35.4 Å². The van der Waals surface area contributed by atoms with Gasteiger partial charge in [-0.1, -0.05) is 40.2 Å². The molecule has 0 fully saturated rings. The van der Waals surface area contributed by atoms with Crippen LogP contribution in [0.3, 0.4) is 0 Å². The highest BCUT2D eigenvalue weighted by molar-refractivity contribution is 9.10. The third-order valence-corrected chi connectivity index (χ3v) is 2.99. The van der Waals surface area contributed by atoms with Crippen LogP contribution in [0.4, 0.5) is 0 Å². The Bertz CT molecular complexity index is 370. The molecule has 0 atom stereocenters. The molecular weight excluding hydrogens is 232 g/mol. The maximum atomic E-state index is 11.7. The van der Waals surface area contributed by atoms with Gasteiger partial charge in [0.05, 0.1) is 0 Å². The van der Waals surface area contributed by atoms with E-state index in [1.165, 1.54) is 0 Å². The number of hydrogen-bond acceptors (Lipinski definition) is 2. The van der Waals surface area contributed by atoms with Crippen molar-refractivity contribution in [1.82, 2.24) is 0 Å². The minimum atomic E-state index is -1.04. The summed E-state index contributed by atoms with van der Waals surface area (Å²) in [7, 11) is 0. The second-order valence-corrected chi connectivity index (χ2v) is 4.79. The molecule has 3 heteroatoms. The zero-order chi connectivity index (χ0) is 9.64. The second kappa shape index (κ2) is 2.51. The molecule has 66 valence electrons. The minimum Gasteiger partial charge on any atom is -0.292 e. The van der Waals surface area contributed by atoms with E-state index in [0.717, 1.165) is 0 Å². The van der Waals surface area contributed by atoms with Gasteiger partial charge in [-0.2, -0.15) is 0 Å². The highest BCUT2D eigenvalue weighted by Crippen LogP contribution is 2.35. The van der Waals surface area contributed by atoms with E-state index in [1.54, 1.807) is 31.2 Å². The van der Waals surface area contributed by atoms with Gasteiger partial charge < -0.3 is 0 Å². The zero-order valence-corrected chi connectivity index (χ0v) is 8.59. The molecule has 0 amide bonds. The van der Waals surface area contributed by atoms with Gasteiger partial charge in [-0.05, 0) is 6.92 Å². The number of hydrogen-bond donors (Lipinski definition) is 0. The van der Waals surface area contributed by atoms with Gasteiger partial charge in [0.2, 0.25) is 0 Å². The van der Waals surface area contributed by atoms with Crippen LogP contribution in [-0.4, -0.2) is 15.9 Å². The first-order valence-corrected chi connectivity index (χ1v) is 4.72. The van der Waals surface area contributed by atoms with E-state index < -0.39 is 4.32 Å². The molecule has 0 unspecified atom stereocenters. The first-order chi connectivity index (χ1) is 6.05. The summed E-state index contributed by atoms with van der Waals surface area (Å²) >= 11 is 3.15. The van der Waals surface area contributed by atoms with Crippen LogP contribution in [0.25, 0.3) is 0 Å². The topological polar surface area (TPSA) is 34.1 Å². The summed E-state index contributed by atoms with van der Waals surface area (Å²) in [5, 5.41) is 0. The maximum Gasteiger partial charge on any atom is 0.187 e. The number of fused-ring (bicyclic) bond motifs is 1. The van der Waals surface area contributed by atoms with Crippen LogP contribution >= 0.6 is 15.9 Å². The quantitative estimate of drug-likeness (QED) is 0.513. The standard InChI is InChI=1S/C10H7BrO2/c1-10(11)8(12)6-4-2-3-5-7(6)9(10)13/h2-5H,1H3. The molecule has 1 aromatic carbocycles. The Kier molecular flexibility index (Phi) is 1.67. The van der Waals surface area contributed by atoms with Gasteiger partial charge >= 0.3 is 0 Å². The van der Waals surface area contributed by atoms with Crippen molar-refractivity contribution in [3.63, 3.8) is 0 Å². The van der Waals surface area contributed by atoms with Crippen LogP contribution in [0.15, 0.2) is 24.3 Å². The summed E-state index contributed by atoms with van der Waals surface area (Å²) in [5.41, 5.74) is 1.04. The van der Waals surface area contributed by atoms with E-state index in [4.69, 9.17) is 0 Å². The molecule has 13 heavy (non-hydrogen) atoms. The Morgan fingerprint density at radius 1 is 1.08 bits per heavy atom. The van der Waals surface area contributed by atoms with Crippen molar-refractivity contribution in [1.29, 1.82) is 0 Å². The van der Waals surface area contributed by atoms with Crippen molar-refractivity contribution >= 4 is 27.5 Å². The molecule has 0 saturated heterocycles. The van der Waals surface area contributed by atoms with Crippen molar-refractivity contribution in [2.24, 2.45) is 0 Å². The molecule has 0 heterocycles. The van der Waals surface area contributed by atoms with Gasteiger partial charge in [0.25, 0.3) is 0 Å². The molecule has 0 aliphatic heterocycles. The molecule has 0 radical (unpaired) electrons. The number of halogens is 1. The smallest absolute Gasteiger partial charge is 0.187 e. The molecule has 0 saturated carbocycles. The molecule has 0 spiro atoms. The maximum absolute atomic E-state index is 11.7. The van der Waals surface area contributed by atoms with Gasteiger partial charge in [0.15, 0.2) is 11.6 Å². The lowest BCUT2D eigenvalue weighted by atomic mass is 10.1. The van der Waals surface area contributed by atoms with Crippen molar-refractivity contribution < 1.29 is 9.59 Å². The molecule has 1 aliphatic rings. The average molecular weight is 239 g/mol. The summed E-state index contributed by atoms with van der Waals surface area (Å²) < 4.78 is -1.04. The predicted octanol–water partition coefficient (Wildman–Crippen LogP) is 2.22. The lowest BCUT2D eigenvalue weighted by Gasteiger charge is -2.08. The Balaban J connectivity index is 2.71. The number of ketones is 2. The largest absolute Gasteiger partial charge is 0.292 e. The number of alkyl halides is 1. The van der Waals surface area contributed by atoms with E-state index in [1.807, 2.05) is 0 Å². The van der Waals surface area contributed by atoms with Crippen LogP contribution in [0.5, 0.6) is 0 Å². The molecule has 0 aromatic heterocycles. The van der Waals surface area contributed by atoms with Gasteiger partial charge in [-0.15, -0.1) is 0 Å². The second-order valence-electron chi connectivity index (χ2n) is 3.21. The zero-order valence-electron chi connectivity index (χ0n) is 7.00. The number of benzene rings is 1. The molecule has 0 bridgehead atoms. The van der Waals surface area contributed by atoms with Gasteiger partial charge in [0.1, 0.15) is 4.32 Å². The van der Waals surface area contributed by atoms with Crippen molar-refractivity contribution in [2.75, 3.05) is 0 Å². The Morgan fingerprint density at radius 2 is 1.46 bits per heavy atom. The van der Waals surface area contributed by atoms with E-state index in [0.29, 0.717) is 11.1 Å². The Morgan fingerprint density at radius 3 is 1.85 bits per heavy atom. The lowest BCUT2D eigenvalue weighted by Crippen LogP contribution is -2.29. The van der Waals surface area contributed by atoms with Crippen LogP contribution < -0.4 is 0 Å². The number of carbonyl (C=O) groups excluding carboxylic acids is 2. The fraction of sp³-hybridized carbons (Fsp3) is 0.200. The summed E-state index contributed by atoms with van der Waals surface area (Å²) in [6.07, 6.45) is 0. The van der Waals surface area contributed by atoms with E-state index in [9.17, 15) is 9.59 Å². The molecular formula is C10H7BrO2. The first kappa shape index (κ1) is 8.63. The van der Waals surface area contributed by atoms with Gasteiger partial charge in [0, 0.05) is 11.1 Å². The van der Waals surface area contributed by atoms with Crippen LogP contribution in [0, 0.1) is 0 Å². The molecule has 0 N–H and O–H groups in total. The molecule has 2 nitrogen and oxygen atoms in total. The molecule has 1 aliphatic carbocycles. The van der Waals surface area contributed by atoms with Crippen LogP contribution in [0.2, 0.25) is 0 Å². The molecule has 1 aromatic rings. The number of carbonyl (C=O) groups is 2. The lowest BCUT2D eigenvalue weighted by molar-refractivity contribution is 0.0883. The monoisotopic (exact) mass is 238 g/mol. The summed E-state index contributed by atoms with van der Waals surface area (Å²) in [6, 6.07) is 6.89. The Hall–Kier alpha value is -0.960. The van der Waals surface area contributed by atoms with Crippen molar-refractivity contribution in [3.8, 4) is 0 Å². The van der Waals surface area contributed by atoms with Crippen molar-refractivity contribution in [2.45, 2.75) is 11.2 Å². The highest BCUT2D eigenvalue weighted by Gasteiger charge is 2.47. The fourth-order valence-corrected chi connectivity index (χ4v) is 1.92. The average Bonchev–Trinajstić information content (AvgIpc) is 2.30. The summed E-state index contributed by atoms with van der Waals surface area (Å²) in [4.78, 5) is 23.3. The van der Waals surface area contributed by atoms with Gasteiger partial charge in [-0.25, -0.2) is 0 Å². The summed E-state index contributed by atoms with van der Waals surface area (Å²) in [5.74, 6) is -0.291. The molecule has 2 rings (SSSR count). The van der Waals surface area contributed by atoms with Gasteiger partial charge in [-0.3, -0.25) is 9.59 Å². The van der Waals surface area contributed by atoms with E-state index >= 15 is 0 Å².